The maximum Gasteiger partial charge on any atom is 0.255 e. The molecule has 0 atom stereocenters. The smallest absolute Gasteiger partial charge is 0.255 e. The maximum atomic E-state index is 12.2. The number of ether oxygens (including phenoxy) is 3. The zero-order chi connectivity index (χ0) is 18.0. The second kappa shape index (κ2) is 7.14. The second-order valence-electron chi connectivity index (χ2n) is 6.05. The summed E-state index contributed by atoms with van der Waals surface area (Å²) in [6.07, 6.45) is 0.751. The number of benzene rings is 1. The lowest BCUT2D eigenvalue weighted by Crippen LogP contribution is -2.35. The summed E-state index contributed by atoms with van der Waals surface area (Å²) in [5, 5.41) is 0. The van der Waals surface area contributed by atoms with Gasteiger partial charge in [0, 0.05) is 38.2 Å². The highest BCUT2D eigenvalue weighted by Crippen LogP contribution is 2.35. The molecule has 1 aliphatic rings. The third kappa shape index (κ3) is 3.46. The van der Waals surface area contributed by atoms with E-state index in [4.69, 9.17) is 14.2 Å². The van der Waals surface area contributed by atoms with Crippen molar-refractivity contribution in [1.29, 1.82) is 0 Å². The van der Waals surface area contributed by atoms with E-state index in [2.05, 4.69) is 14.9 Å². The molecule has 0 saturated carbocycles. The van der Waals surface area contributed by atoms with Gasteiger partial charge in [0.05, 0.1) is 38.2 Å². The summed E-state index contributed by atoms with van der Waals surface area (Å²) in [7, 11) is 4.86. The van der Waals surface area contributed by atoms with Gasteiger partial charge >= 0.3 is 0 Å². The first-order chi connectivity index (χ1) is 12.0. The van der Waals surface area contributed by atoms with E-state index in [0.717, 1.165) is 29.8 Å². The number of aryl methyl sites for hydroxylation is 1. The van der Waals surface area contributed by atoms with Crippen molar-refractivity contribution in [2.75, 3.05) is 27.9 Å². The van der Waals surface area contributed by atoms with E-state index in [-0.39, 0.29) is 5.56 Å². The molecule has 7 heteroatoms. The molecule has 2 heterocycles. The van der Waals surface area contributed by atoms with Gasteiger partial charge in [-0.2, -0.15) is 0 Å². The monoisotopic (exact) mass is 345 g/mol. The highest BCUT2D eigenvalue weighted by Gasteiger charge is 2.23. The fourth-order valence-corrected chi connectivity index (χ4v) is 3.20. The first-order valence-corrected chi connectivity index (χ1v) is 8.15. The van der Waals surface area contributed by atoms with Crippen molar-refractivity contribution in [1.82, 2.24) is 14.9 Å². The average molecular weight is 345 g/mol. The van der Waals surface area contributed by atoms with Crippen LogP contribution in [0.3, 0.4) is 0 Å². The fourth-order valence-electron chi connectivity index (χ4n) is 3.20. The molecule has 0 unspecified atom stereocenters. The third-order valence-electron chi connectivity index (χ3n) is 4.46. The molecule has 1 aromatic heterocycles. The number of aromatic amines is 1. The van der Waals surface area contributed by atoms with Gasteiger partial charge < -0.3 is 19.2 Å². The normalized spacial score (nSPS) is 14.1. The molecule has 0 radical (unpaired) electrons. The van der Waals surface area contributed by atoms with E-state index in [9.17, 15) is 4.79 Å². The lowest BCUT2D eigenvalue weighted by Gasteiger charge is -2.28. The van der Waals surface area contributed by atoms with Gasteiger partial charge in [0.2, 0.25) is 0 Å². The van der Waals surface area contributed by atoms with Crippen molar-refractivity contribution in [2.24, 2.45) is 0 Å². The Bertz CT molecular complexity index is 807. The molecule has 7 nitrogen and oxygen atoms in total. The summed E-state index contributed by atoms with van der Waals surface area (Å²) in [4.78, 5) is 21.7. The number of aromatic nitrogens is 2. The van der Waals surface area contributed by atoms with E-state index in [0.29, 0.717) is 36.2 Å². The number of nitrogens with one attached hydrogen (secondary N) is 1. The molecular weight excluding hydrogens is 322 g/mol. The topological polar surface area (TPSA) is 76.7 Å². The minimum atomic E-state index is -0.0548. The molecule has 0 fully saturated rings. The van der Waals surface area contributed by atoms with Crippen LogP contribution in [0.15, 0.2) is 16.9 Å². The van der Waals surface area contributed by atoms with Crippen LogP contribution >= 0.6 is 0 Å². The number of methoxy groups -OCH3 is 3. The Kier molecular flexibility index (Phi) is 4.94. The fraction of sp³-hybridized carbons (Fsp3) is 0.444. The summed E-state index contributed by atoms with van der Waals surface area (Å²) in [6, 6.07) is 3.68. The predicted molar refractivity (Wildman–Crippen MR) is 93.5 cm³/mol. The van der Waals surface area contributed by atoms with Crippen molar-refractivity contribution in [3.8, 4) is 17.2 Å². The molecule has 1 N–H and O–H groups in total. The second-order valence-corrected chi connectivity index (χ2v) is 6.05. The van der Waals surface area contributed by atoms with Crippen molar-refractivity contribution in [3.63, 3.8) is 0 Å². The zero-order valence-electron chi connectivity index (χ0n) is 15.0. The number of hydrogen-bond donors (Lipinski definition) is 1. The summed E-state index contributed by atoms with van der Waals surface area (Å²) in [5.74, 6) is 2.75. The molecule has 0 amide bonds. The van der Waals surface area contributed by atoms with Gasteiger partial charge in [0.15, 0.2) is 0 Å². The van der Waals surface area contributed by atoms with E-state index in [1.807, 2.05) is 12.1 Å². The standard InChI is InChI=1S/C18H23N3O4/c1-11-19-15-5-6-21(9-13(15)18(22)20-11)10-14-16(24-3)7-12(23-2)8-17(14)25-4/h7-8H,5-6,9-10H2,1-4H3,(H,19,20,22). The minimum Gasteiger partial charge on any atom is -0.496 e. The zero-order valence-corrected chi connectivity index (χ0v) is 15.0. The van der Waals surface area contributed by atoms with Gasteiger partial charge in [-0.05, 0) is 6.92 Å². The summed E-state index contributed by atoms with van der Waals surface area (Å²) in [5.41, 5.74) is 2.51. The Labute approximate surface area is 146 Å². The molecule has 1 aromatic carbocycles. The molecule has 25 heavy (non-hydrogen) atoms. The van der Waals surface area contributed by atoms with Crippen molar-refractivity contribution >= 4 is 0 Å². The van der Waals surface area contributed by atoms with Crippen LogP contribution in [-0.4, -0.2) is 42.7 Å². The van der Waals surface area contributed by atoms with Crippen molar-refractivity contribution < 1.29 is 14.2 Å². The Morgan fingerprint density at radius 3 is 2.44 bits per heavy atom. The van der Waals surface area contributed by atoms with Crippen LogP contribution < -0.4 is 19.8 Å². The number of nitrogens with zero attached hydrogens (tertiary/aromatic N) is 2. The average Bonchev–Trinajstić information content (AvgIpc) is 2.62. The van der Waals surface area contributed by atoms with Gasteiger partial charge in [-0.3, -0.25) is 9.69 Å². The highest BCUT2D eigenvalue weighted by atomic mass is 16.5. The predicted octanol–water partition coefficient (Wildman–Crippen LogP) is 1.66. The molecule has 0 spiro atoms. The van der Waals surface area contributed by atoms with Gasteiger partial charge in [-0.25, -0.2) is 4.98 Å². The summed E-state index contributed by atoms with van der Waals surface area (Å²) in [6.45, 7) is 3.79. The number of rotatable bonds is 5. The molecule has 0 saturated heterocycles. The summed E-state index contributed by atoms with van der Waals surface area (Å²) >= 11 is 0. The molecular formula is C18H23N3O4. The Balaban J connectivity index is 1.89. The van der Waals surface area contributed by atoms with Crippen LogP contribution in [0.25, 0.3) is 0 Å². The number of H-pyrrole nitrogens is 1. The van der Waals surface area contributed by atoms with Crippen LogP contribution in [0.4, 0.5) is 0 Å². The van der Waals surface area contributed by atoms with Crippen LogP contribution in [0, 0.1) is 6.92 Å². The van der Waals surface area contributed by atoms with Crippen molar-refractivity contribution in [3.05, 3.63) is 45.1 Å². The quantitative estimate of drug-likeness (QED) is 0.888. The Hall–Kier alpha value is -2.54. The first-order valence-electron chi connectivity index (χ1n) is 8.15. The van der Waals surface area contributed by atoms with E-state index >= 15 is 0 Å². The molecule has 134 valence electrons. The third-order valence-corrected chi connectivity index (χ3v) is 4.46. The van der Waals surface area contributed by atoms with Crippen LogP contribution in [0.1, 0.15) is 22.6 Å². The van der Waals surface area contributed by atoms with Crippen LogP contribution in [0.5, 0.6) is 17.2 Å². The van der Waals surface area contributed by atoms with Crippen molar-refractivity contribution in [2.45, 2.75) is 26.4 Å². The van der Waals surface area contributed by atoms with Gasteiger partial charge in [-0.15, -0.1) is 0 Å². The Morgan fingerprint density at radius 2 is 1.84 bits per heavy atom. The maximum absolute atomic E-state index is 12.2. The summed E-state index contributed by atoms with van der Waals surface area (Å²) < 4.78 is 16.3. The molecule has 2 aromatic rings. The molecule has 0 aliphatic carbocycles. The lowest BCUT2D eigenvalue weighted by atomic mass is 10.0. The van der Waals surface area contributed by atoms with Crippen LogP contribution in [0.2, 0.25) is 0 Å². The first kappa shape index (κ1) is 17.3. The minimum absolute atomic E-state index is 0.0548. The SMILES string of the molecule is COc1cc(OC)c(CN2CCc3nc(C)[nH]c(=O)c3C2)c(OC)c1. The van der Waals surface area contributed by atoms with Gasteiger partial charge in [0.25, 0.3) is 5.56 Å². The number of fused-ring (bicyclic) bond motifs is 1. The number of hydrogen-bond acceptors (Lipinski definition) is 6. The van der Waals surface area contributed by atoms with Crippen LogP contribution in [-0.2, 0) is 19.5 Å². The lowest BCUT2D eigenvalue weighted by molar-refractivity contribution is 0.233. The molecule has 1 aliphatic heterocycles. The Morgan fingerprint density at radius 1 is 1.16 bits per heavy atom. The van der Waals surface area contributed by atoms with Gasteiger partial charge in [0.1, 0.15) is 23.1 Å². The molecule has 0 bridgehead atoms. The largest absolute Gasteiger partial charge is 0.496 e. The van der Waals surface area contributed by atoms with E-state index in [1.54, 1.807) is 28.3 Å². The van der Waals surface area contributed by atoms with E-state index < -0.39 is 0 Å². The highest BCUT2D eigenvalue weighted by molar-refractivity contribution is 5.50. The van der Waals surface area contributed by atoms with E-state index in [1.165, 1.54) is 0 Å². The molecule has 3 rings (SSSR count). The van der Waals surface area contributed by atoms with Gasteiger partial charge in [-0.1, -0.05) is 0 Å².